The summed E-state index contributed by atoms with van der Waals surface area (Å²) in [6.45, 7) is 0. The fourth-order valence-electron chi connectivity index (χ4n) is 2.65. The normalized spacial score (nSPS) is 22.7. The maximum Gasteiger partial charge on any atom is 0.267 e. The summed E-state index contributed by atoms with van der Waals surface area (Å²) in [6, 6.07) is 0. The summed E-state index contributed by atoms with van der Waals surface area (Å²) in [7, 11) is 0. The second-order valence-electron chi connectivity index (χ2n) is 5.74. The van der Waals surface area contributed by atoms with Gasteiger partial charge in [0, 0.05) is 17.9 Å². The van der Waals surface area contributed by atoms with Gasteiger partial charge in [-0.15, -0.1) is 5.10 Å². The van der Waals surface area contributed by atoms with Gasteiger partial charge in [0.25, 0.3) is 11.9 Å². The van der Waals surface area contributed by atoms with E-state index in [0.29, 0.717) is 33.7 Å². The summed E-state index contributed by atoms with van der Waals surface area (Å²) in [4.78, 5) is 21.5. The van der Waals surface area contributed by atoms with Crippen molar-refractivity contribution in [3.8, 4) is 0 Å². The molecule has 0 aliphatic carbocycles. The lowest BCUT2D eigenvalue weighted by molar-refractivity contribution is 0.760. The number of halogens is 4. The van der Waals surface area contributed by atoms with Crippen molar-refractivity contribution in [2.24, 2.45) is 30.1 Å². The van der Waals surface area contributed by atoms with Crippen molar-refractivity contribution in [3.63, 3.8) is 0 Å². The van der Waals surface area contributed by atoms with Crippen molar-refractivity contribution in [1.29, 1.82) is 0 Å². The van der Waals surface area contributed by atoms with Gasteiger partial charge in [0.2, 0.25) is 0 Å². The predicted octanol–water partition coefficient (Wildman–Crippen LogP) is 3.54. The largest absolute Gasteiger partial charge is 0.267 e. The number of hydrogen-bond acceptors (Lipinski definition) is 8. The zero-order valence-corrected chi connectivity index (χ0v) is 16.6. The molecule has 5 aliphatic rings. The van der Waals surface area contributed by atoms with Crippen LogP contribution in [0.4, 0.5) is 0 Å². The fourth-order valence-corrected chi connectivity index (χ4v) is 3.65. The van der Waals surface area contributed by atoms with Crippen molar-refractivity contribution in [2.75, 3.05) is 0 Å². The van der Waals surface area contributed by atoms with E-state index in [1.54, 1.807) is 18.2 Å². The number of nitrogens with zero attached hydrogens (tertiary/aromatic N) is 7. The molecule has 0 spiro atoms. The Kier molecular flexibility index (Phi) is 4.09. The van der Waals surface area contributed by atoms with Gasteiger partial charge < -0.3 is 0 Å². The molecular weight excluding hydrogens is 446 g/mol. The lowest BCUT2D eigenvalue weighted by Crippen LogP contribution is -2.17. The lowest BCUT2D eigenvalue weighted by atomic mass is 10.2. The molecule has 0 aromatic rings. The number of nitrogens with one attached hydrogen (secondary N) is 1. The number of rotatable bonds is 0. The molecule has 12 heteroatoms. The first kappa shape index (κ1) is 17.6. The Morgan fingerprint density at radius 2 is 1.71 bits per heavy atom. The van der Waals surface area contributed by atoms with E-state index in [-0.39, 0.29) is 27.8 Å². The summed E-state index contributed by atoms with van der Waals surface area (Å²) in [5.74, 6) is 0.645. The van der Waals surface area contributed by atoms with Crippen LogP contribution in [0.15, 0.2) is 87.7 Å². The number of hydrogen-bond donors (Lipinski definition) is 1. The molecule has 0 saturated carbocycles. The standard InChI is InChI=1S/C16H6Cl4N8/c17-9-4-8-3-6-1-2-7(21-6)5-10-26-27-16(28(10)20)25-15-23-13(14(19)24-15)11(18)12(9)22-8/h1-5,26H. The van der Waals surface area contributed by atoms with E-state index in [0.717, 1.165) is 0 Å². The Balaban J connectivity index is 1.70. The van der Waals surface area contributed by atoms with Gasteiger partial charge in [-0.05, 0) is 24.3 Å². The molecule has 5 aliphatic heterocycles. The van der Waals surface area contributed by atoms with Crippen LogP contribution in [0, 0.1) is 0 Å². The Morgan fingerprint density at radius 3 is 2.57 bits per heavy atom. The molecule has 0 saturated heterocycles. The Bertz CT molecular complexity index is 1170. The van der Waals surface area contributed by atoms with E-state index in [4.69, 9.17) is 46.6 Å². The van der Waals surface area contributed by atoms with Crippen LogP contribution < -0.4 is 5.43 Å². The molecule has 5 heterocycles. The highest BCUT2D eigenvalue weighted by molar-refractivity contribution is 6.90. The molecule has 8 nitrogen and oxygen atoms in total. The Hall–Kier alpha value is -2.52. The van der Waals surface area contributed by atoms with E-state index in [2.05, 4.69) is 35.5 Å². The zero-order chi connectivity index (χ0) is 19.4. The van der Waals surface area contributed by atoms with Crippen LogP contribution in [0.2, 0.25) is 0 Å². The summed E-state index contributed by atoms with van der Waals surface area (Å²) >= 11 is 25.2. The van der Waals surface area contributed by atoms with Gasteiger partial charge in [0.1, 0.15) is 17.2 Å². The van der Waals surface area contributed by atoms with Gasteiger partial charge in [-0.1, -0.05) is 34.8 Å². The second-order valence-corrected chi connectivity index (χ2v) is 7.22. The second kappa shape index (κ2) is 6.52. The van der Waals surface area contributed by atoms with Crippen LogP contribution in [0.1, 0.15) is 0 Å². The van der Waals surface area contributed by atoms with Crippen molar-refractivity contribution >= 4 is 80.8 Å². The van der Waals surface area contributed by atoms with Gasteiger partial charge in [-0.3, -0.25) is 5.43 Å². The zero-order valence-electron chi connectivity index (χ0n) is 13.5. The third-order valence-corrected chi connectivity index (χ3v) is 5.13. The Morgan fingerprint density at radius 1 is 0.857 bits per heavy atom. The minimum absolute atomic E-state index is 0.0425. The highest BCUT2D eigenvalue weighted by atomic mass is 35.5. The minimum Gasteiger partial charge on any atom is -0.258 e. The van der Waals surface area contributed by atoms with Gasteiger partial charge in [0.05, 0.1) is 27.2 Å². The number of guanidine groups is 2. The van der Waals surface area contributed by atoms with Gasteiger partial charge in [-0.25, -0.2) is 19.4 Å². The highest BCUT2D eigenvalue weighted by Gasteiger charge is 2.28. The maximum absolute atomic E-state index is 6.45. The molecule has 0 unspecified atom stereocenters. The van der Waals surface area contributed by atoms with Crippen LogP contribution in [0.25, 0.3) is 0 Å². The maximum atomic E-state index is 6.45. The first-order valence-corrected chi connectivity index (χ1v) is 9.23. The molecule has 0 aromatic heterocycles. The molecule has 0 atom stereocenters. The Labute approximate surface area is 178 Å². The number of fused-ring (bicyclic) bond motifs is 5. The van der Waals surface area contributed by atoms with E-state index in [1.807, 2.05) is 12.2 Å². The summed E-state index contributed by atoms with van der Waals surface area (Å²) in [6.07, 6.45) is 8.83. The van der Waals surface area contributed by atoms with Crippen molar-refractivity contribution in [3.05, 3.63) is 57.7 Å². The molecule has 138 valence electrons. The molecular formula is C16H6Cl4N8. The predicted molar refractivity (Wildman–Crippen MR) is 113 cm³/mol. The van der Waals surface area contributed by atoms with Crippen molar-refractivity contribution < 1.29 is 0 Å². The minimum atomic E-state index is 0.0425. The van der Waals surface area contributed by atoms with Crippen LogP contribution in [-0.2, 0) is 0 Å². The highest BCUT2D eigenvalue weighted by Crippen LogP contribution is 2.31. The van der Waals surface area contributed by atoms with Crippen molar-refractivity contribution in [2.45, 2.75) is 0 Å². The average Bonchev–Trinajstić information content (AvgIpc) is 3.40. The summed E-state index contributed by atoms with van der Waals surface area (Å²) in [5, 5.41) is 4.62. The van der Waals surface area contributed by atoms with E-state index < -0.39 is 0 Å². The molecule has 5 rings (SSSR count). The van der Waals surface area contributed by atoms with Crippen molar-refractivity contribution in [1.82, 2.24) is 9.84 Å². The SMILES string of the molecule is ClC1=CC2=NC1=C(Cl)C1=NC(=NC3=NNC(=CC4=NC(=C2)C=C4)N3Cl)N=C1Cl. The monoisotopic (exact) mass is 450 g/mol. The fraction of sp³-hybridized carbons (Fsp3) is 0. The third kappa shape index (κ3) is 2.94. The molecule has 28 heavy (non-hydrogen) atoms. The number of hydrazone groups is 1. The number of allylic oxidation sites excluding steroid dienone is 7. The molecule has 8 bridgehead atoms. The number of aliphatic imine (C=N–C) groups is 5. The molecule has 0 amide bonds. The third-order valence-electron chi connectivity index (χ3n) is 3.88. The van der Waals surface area contributed by atoms with E-state index in [9.17, 15) is 0 Å². The topological polar surface area (TPSA) is 89.4 Å². The summed E-state index contributed by atoms with van der Waals surface area (Å²) < 4.78 is 1.22. The molecule has 0 radical (unpaired) electrons. The average molecular weight is 452 g/mol. The van der Waals surface area contributed by atoms with Crippen LogP contribution in [0.3, 0.4) is 0 Å². The smallest absolute Gasteiger partial charge is 0.258 e. The first-order chi connectivity index (χ1) is 13.5. The summed E-state index contributed by atoms with van der Waals surface area (Å²) in [5.41, 5.74) is 5.27. The van der Waals surface area contributed by atoms with Gasteiger partial charge in [-0.2, -0.15) is 9.98 Å². The van der Waals surface area contributed by atoms with Crippen LogP contribution >= 0.6 is 46.6 Å². The first-order valence-electron chi connectivity index (χ1n) is 7.76. The quantitative estimate of drug-likeness (QED) is 0.570. The molecule has 0 fully saturated rings. The molecule has 1 N–H and O–H groups in total. The van der Waals surface area contributed by atoms with Crippen LogP contribution in [0.5, 0.6) is 0 Å². The van der Waals surface area contributed by atoms with Gasteiger partial charge in [0.15, 0.2) is 5.17 Å². The molecule has 0 aromatic carbocycles. The van der Waals surface area contributed by atoms with Gasteiger partial charge >= 0.3 is 0 Å². The lowest BCUT2D eigenvalue weighted by Gasteiger charge is -2.07. The van der Waals surface area contributed by atoms with E-state index in [1.165, 1.54) is 4.42 Å². The van der Waals surface area contributed by atoms with E-state index >= 15 is 0 Å². The van der Waals surface area contributed by atoms with Crippen LogP contribution in [-0.4, -0.2) is 38.6 Å².